The van der Waals surface area contributed by atoms with Crippen LogP contribution in [-0.4, -0.2) is 25.0 Å². The molecule has 3 atom stereocenters. The van der Waals surface area contributed by atoms with Crippen molar-refractivity contribution in [2.45, 2.75) is 31.7 Å². The largest absolute Gasteiger partial charge is 0.497 e. The Hall–Kier alpha value is -2.60. The van der Waals surface area contributed by atoms with Gasteiger partial charge in [0.2, 0.25) is 0 Å². The van der Waals surface area contributed by atoms with Crippen LogP contribution in [0.1, 0.15) is 40.9 Å². The second kappa shape index (κ2) is 8.19. The topological polar surface area (TPSA) is 67.4 Å². The normalized spacial score (nSPS) is 23.5. The first-order valence-electron chi connectivity index (χ1n) is 9.64. The van der Waals surface area contributed by atoms with Gasteiger partial charge in [-0.1, -0.05) is 12.5 Å². The van der Waals surface area contributed by atoms with Gasteiger partial charge >= 0.3 is 0 Å². The van der Waals surface area contributed by atoms with Crippen LogP contribution in [0.2, 0.25) is 0 Å². The second-order valence-electron chi connectivity index (χ2n) is 7.51. The summed E-state index contributed by atoms with van der Waals surface area (Å²) in [7, 11) is 1.58. The fourth-order valence-electron chi connectivity index (χ4n) is 4.28. The summed E-state index contributed by atoms with van der Waals surface area (Å²) in [6, 6.07) is 10.9. The van der Waals surface area contributed by atoms with Crippen LogP contribution in [0, 0.1) is 11.8 Å². The highest BCUT2D eigenvalue weighted by Crippen LogP contribution is 2.44. The fraction of sp³-hybridized carbons (Fsp3) is 0.364. The maximum Gasteiger partial charge on any atom is 0.268 e. The molecule has 1 aromatic carbocycles. The fourth-order valence-corrected chi connectivity index (χ4v) is 4.94. The Morgan fingerprint density at radius 2 is 1.96 bits per heavy atom. The molecular formula is C22H24N2O3S. The summed E-state index contributed by atoms with van der Waals surface area (Å²) in [5.41, 5.74) is 0.761. The summed E-state index contributed by atoms with van der Waals surface area (Å²) in [6.45, 7) is 0. The smallest absolute Gasteiger partial charge is 0.268 e. The lowest BCUT2D eigenvalue weighted by Crippen LogP contribution is -2.42. The van der Waals surface area contributed by atoms with Gasteiger partial charge < -0.3 is 15.4 Å². The van der Waals surface area contributed by atoms with Crippen molar-refractivity contribution in [2.75, 3.05) is 7.11 Å². The summed E-state index contributed by atoms with van der Waals surface area (Å²) in [4.78, 5) is 26.6. The molecular weight excluding hydrogens is 372 g/mol. The molecule has 2 aromatic rings. The third kappa shape index (κ3) is 4.12. The van der Waals surface area contributed by atoms with Gasteiger partial charge in [-0.05, 0) is 72.9 Å². The minimum absolute atomic E-state index is 0.215. The molecule has 5 nitrogen and oxygen atoms in total. The molecule has 2 amide bonds. The first-order chi connectivity index (χ1) is 13.6. The number of ether oxygens (including phenoxy) is 1. The number of amides is 2. The van der Waals surface area contributed by atoms with Gasteiger partial charge in [0.05, 0.1) is 7.11 Å². The second-order valence-corrected chi connectivity index (χ2v) is 8.49. The van der Waals surface area contributed by atoms with E-state index in [0.29, 0.717) is 17.2 Å². The molecule has 6 heteroatoms. The number of thiophene rings is 1. The number of rotatable bonds is 6. The van der Waals surface area contributed by atoms with Crippen LogP contribution in [0.15, 0.2) is 47.5 Å². The molecule has 0 saturated heterocycles. The van der Waals surface area contributed by atoms with Crippen molar-refractivity contribution in [1.82, 2.24) is 10.6 Å². The summed E-state index contributed by atoms with van der Waals surface area (Å²) in [6.07, 6.45) is 6.48. The van der Waals surface area contributed by atoms with Crippen LogP contribution in [-0.2, 0) is 4.79 Å². The highest BCUT2D eigenvalue weighted by Gasteiger charge is 2.40. The molecule has 2 aliphatic carbocycles. The molecule has 28 heavy (non-hydrogen) atoms. The molecule has 2 N–H and O–H groups in total. The number of hydrogen-bond acceptors (Lipinski definition) is 4. The molecule has 0 spiro atoms. The van der Waals surface area contributed by atoms with Crippen molar-refractivity contribution >= 4 is 29.2 Å². The first-order valence-corrected chi connectivity index (χ1v) is 10.5. The maximum atomic E-state index is 13.0. The zero-order valence-electron chi connectivity index (χ0n) is 15.8. The third-order valence-electron chi connectivity index (χ3n) is 5.73. The van der Waals surface area contributed by atoms with E-state index >= 15 is 0 Å². The van der Waals surface area contributed by atoms with Crippen molar-refractivity contribution in [1.29, 1.82) is 0 Å². The van der Waals surface area contributed by atoms with E-state index in [1.54, 1.807) is 37.5 Å². The predicted molar refractivity (Wildman–Crippen MR) is 110 cm³/mol. The van der Waals surface area contributed by atoms with Crippen LogP contribution in [0.5, 0.6) is 5.75 Å². The summed E-state index contributed by atoms with van der Waals surface area (Å²) in [5, 5.41) is 7.91. The summed E-state index contributed by atoms with van der Waals surface area (Å²) in [5.74, 6) is 1.48. The standard InChI is InChI=1S/C22H24N2O3S/c1-27-17-8-6-15(7-9-17)21(25)24-20(13-18-3-2-10-28-18)22(26)23-19-12-14-4-5-16(19)11-14/h2-3,6-10,13-14,16,19H,4-5,11-12H2,1H3,(H,23,26)(H,24,25)/b20-13-/t14-,16+,19+/m0/s1. The molecule has 146 valence electrons. The zero-order chi connectivity index (χ0) is 19.5. The van der Waals surface area contributed by atoms with Crippen LogP contribution < -0.4 is 15.4 Å². The number of carbonyl (C=O) groups excluding carboxylic acids is 2. The molecule has 1 heterocycles. The van der Waals surface area contributed by atoms with Gasteiger partial charge in [-0.2, -0.15) is 0 Å². The average molecular weight is 397 g/mol. The van der Waals surface area contributed by atoms with Gasteiger partial charge in [0, 0.05) is 16.5 Å². The number of nitrogens with one attached hydrogen (secondary N) is 2. The Balaban J connectivity index is 1.50. The Morgan fingerprint density at radius 1 is 1.14 bits per heavy atom. The Bertz CT molecular complexity index is 874. The van der Waals surface area contributed by atoms with E-state index in [2.05, 4.69) is 10.6 Å². The molecule has 1 aromatic heterocycles. The zero-order valence-corrected chi connectivity index (χ0v) is 16.6. The van der Waals surface area contributed by atoms with E-state index in [9.17, 15) is 9.59 Å². The lowest BCUT2D eigenvalue weighted by Gasteiger charge is -2.23. The lowest BCUT2D eigenvalue weighted by atomic mass is 9.95. The van der Waals surface area contributed by atoms with E-state index in [1.807, 2.05) is 17.5 Å². The minimum atomic E-state index is -0.312. The number of fused-ring (bicyclic) bond motifs is 2. The quantitative estimate of drug-likeness (QED) is 0.729. The van der Waals surface area contributed by atoms with Crippen molar-refractivity contribution in [3.05, 3.63) is 57.9 Å². The van der Waals surface area contributed by atoms with Crippen molar-refractivity contribution in [2.24, 2.45) is 11.8 Å². The summed E-state index contributed by atoms with van der Waals surface area (Å²) < 4.78 is 5.13. The number of carbonyl (C=O) groups is 2. The van der Waals surface area contributed by atoms with Crippen LogP contribution in [0.3, 0.4) is 0 Å². The Morgan fingerprint density at radius 3 is 2.57 bits per heavy atom. The van der Waals surface area contributed by atoms with Crippen LogP contribution in [0.25, 0.3) is 6.08 Å². The maximum absolute atomic E-state index is 13.0. The van der Waals surface area contributed by atoms with E-state index in [4.69, 9.17) is 4.74 Å². The van der Waals surface area contributed by atoms with Crippen LogP contribution in [0.4, 0.5) is 0 Å². The molecule has 2 bridgehead atoms. The number of benzene rings is 1. The Labute approximate surface area is 168 Å². The van der Waals surface area contributed by atoms with E-state index < -0.39 is 0 Å². The van der Waals surface area contributed by atoms with Gasteiger partial charge in [-0.15, -0.1) is 11.3 Å². The number of hydrogen-bond donors (Lipinski definition) is 2. The summed E-state index contributed by atoms with van der Waals surface area (Å²) >= 11 is 1.53. The Kier molecular flexibility index (Phi) is 5.48. The van der Waals surface area contributed by atoms with Crippen LogP contribution >= 0.6 is 11.3 Å². The molecule has 2 saturated carbocycles. The number of methoxy groups -OCH3 is 1. The van der Waals surface area contributed by atoms with Gasteiger partial charge in [0.25, 0.3) is 11.8 Å². The molecule has 0 unspecified atom stereocenters. The lowest BCUT2D eigenvalue weighted by molar-refractivity contribution is -0.118. The van der Waals surface area contributed by atoms with Gasteiger partial charge in [-0.25, -0.2) is 0 Å². The van der Waals surface area contributed by atoms with Gasteiger partial charge in [0.1, 0.15) is 11.4 Å². The third-order valence-corrected chi connectivity index (χ3v) is 6.55. The molecule has 4 rings (SSSR count). The van der Waals surface area contributed by atoms with Crippen molar-refractivity contribution < 1.29 is 14.3 Å². The SMILES string of the molecule is COc1ccc(C(=O)N/C(=C\c2cccs2)C(=O)N[C@@H]2C[C@H]3CC[C@@H]2C3)cc1. The molecule has 0 aliphatic heterocycles. The highest BCUT2D eigenvalue weighted by atomic mass is 32.1. The van der Waals surface area contributed by atoms with Crippen molar-refractivity contribution in [3.63, 3.8) is 0 Å². The highest BCUT2D eigenvalue weighted by molar-refractivity contribution is 7.10. The van der Waals surface area contributed by atoms with E-state index in [0.717, 1.165) is 17.2 Å². The van der Waals surface area contributed by atoms with E-state index in [-0.39, 0.29) is 23.6 Å². The average Bonchev–Trinajstić information content (AvgIpc) is 3.46. The first kappa shape index (κ1) is 18.7. The monoisotopic (exact) mass is 396 g/mol. The minimum Gasteiger partial charge on any atom is -0.497 e. The molecule has 0 radical (unpaired) electrons. The molecule has 2 aliphatic rings. The van der Waals surface area contributed by atoms with Gasteiger partial charge in [-0.3, -0.25) is 9.59 Å². The van der Waals surface area contributed by atoms with Gasteiger partial charge in [0.15, 0.2) is 0 Å². The van der Waals surface area contributed by atoms with E-state index in [1.165, 1.54) is 30.6 Å². The molecule has 2 fully saturated rings. The predicted octanol–water partition coefficient (Wildman–Crippen LogP) is 3.83. The van der Waals surface area contributed by atoms with Crippen molar-refractivity contribution in [3.8, 4) is 5.75 Å².